The van der Waals surface area contributed by atoms with Gasteiger partial charge >= 0.3 is 0 Å². The van der Waals surface area contributed by atoms with Crippen LogP contribution in [0.15, 0.2) is 273 Å². The van der Waals surface area contributed by atoms with Crippen molar-refractivity contribution >= 4 is 38.9 Å². The molecule has 0 amide bonds. The van der Waals surface area contributed by atoms with Gasteiger partial charge in [-0.2, -0.15) is 0 Å². The van der Waals surface area contributed by atoms with Crippen LogP contribution in [-0.4, -0.2) is 9.55 Å². The van der Waals surface area contributed by atoms with E-state index in [1.807, 2.05) is 18.5 Å². The SMILES string of the molecule is c1ccc(N(c2ccc(-c3cccnc3)cc2)c2ccccc2-c2cccc(-c3ccc4c(c3)c3ccccc3n4-c3ccc4c(c3)C(c3ccccc3)(c3ccccc3)c3ccccc3-4)c2)cc1. The number of para-hydroxylation sites is 3. The molecular weight excluding hydrogens is 835 g/mol. The summed E-state index contributed by atoms with van der Waals surface area (Å²) in [6.07, 6.45) is 3.73. The fourth-order valence-electron chi connectivity index (χ4n) is 11.1. The number of hydrogen-bond acceptors (Lipinski definition) is 2. The molecule has 0 fully saturated rings. The van der Waals surface area contributed by atoms with Crippen molar-refractivity contribution < 1.29 is 0 Å². The highest BCUT2D eigenvalue weighted by Gasteiger charge is 2.46. The maximum absolute atomic E-state index is 4.36. The summed E-state index contributed by atoms with van der Waals surface area (Å²) in [6, 6.07) is 95.4. The van der Waals surface area contributed by atoms with Crippen LogP contribution in [0, 0.1) is 0 Å². The number of anilines is 3. The number of fused-ring (bicyclic) bond motifs is 6. The van der Waals surface area contributed by atoms with Gasteiger partial charge in [0.05, 0.1) is 22.1 Å². The standard InChI is InChI=1S/C66H45N3/c1-4-21-51(22-5-1)66(52-23-6-2-7-24-52)61-30-13-10-28-57(61)58-39-38-55(44-62(58)66)69-64-32-15-12-29-59(64)60-43-48(35-40-65(60)69)47-18-16-19-49(42-47)56-27-11-14-31-63(56)68(53-25-8-3-9-26-53)54-36-33-46(34-37-54)50-20-17-41-67-45-50/h1-45H. The van der Waals surface area contributed by atoms with Crippen molar-refractivity contribution in [3.05, 3.63) is 296 Å². The Bertz CT molecular complexity index is 3780. The summed E-state index contributed by atoms with van der Waals surface area (Å²) in [7, 11) is 0. The van der Waals surface area contributed by atoms with Crippen LogP contribution in [0.4, 0.5) is 17.1 Å². The molecule has 0 bridgehead atoms. The minimum absolute atomic E-state index is 0.483. The van der Waals surface area contributed by atoms with Gasteiger partial charge < -0.3 is 9.47 Å². The van der Waals surface area contributed by atoms with Gasteiger partial charge in [-0.05, 0) is 134 Å². The second-order valence-electron chi connectivity index (χ2n) is 17.9. The quantitative estimate of drug-likeness (QED) is 0.144. The van der Waals surface area contributed by atoms with E-state index in [1.54, 1.807) is 0 Å². The monoisotopic (exact) mass is 879 g/mol. The first-order valence-corrected chi connectivity index (χ1v) is 23.7. The largest absolute Gasteiger partial charge is 0.310 e. The van der Waals surface area contributed by atoms with Gasteiger partial charge in [0.2, 0.25) is 0 Å². The molecule has 1 aliphatic rings. The average Bonchev–Trinajstić information content (AvgIpc) is 3.92. The lowest BCUT2D eigenvalue weighted by molar-refractivity contribution is 0.767. The minimum Gasteiger partial charge on any atom is -0.310 e. The Balaban J connectivity index is 0.926. The van der Waals surface area contributed by atoms with Gasteiger partial charge in [0.1, 0.15) is 0 Å². The first-order chi connectivity index (χ1) is 34.2. The molecule has 0 radical (unpaired) electrons. The predicted molar refractivity (Wildman–Crippen MR) is 287 cm³/mol. The van der Waals surface area contributed by atoms with Gasteiger partial charge in [0.25, 0.3) is 0 Å². The third-order valence-electron chi connectivity index (χ3n) is 14.2. The van der Waals surface area contributed by atoms with E-state index >= 15 is 0 Å². The zero-order valence-electron chi connectivity index (χ0n) is 37.8. The lowest BCUT2D eigenvalue weighted by Gasteiger charge is -2.34. The molecule has 0 unspecified atom stereocenters. The van der Waals surface area contributed by atoms with Crippen LogP contribution in [0.5, 0.6) is 0 Å². The zero-order valence-corrected chi connectivity index (χ0v) is 37.8. The number of nitrogens with zero attached hydrogens (tertiary/aromatic N) is 3. The molecule has 1 aliphatic carbocycles. The Morgan fingerprint density at radius 3 is 1.71 bits per heavy atom. The third-order valence-corrected chi connectivity index (χ3v) is 14.2. The summed E-state index contributed by atoms with van der Waals surface area (Å²) in [5.41, 5.74) is 20.9. The van der Waals surface area contributed by atoms with E-state index < -0.39 is 5.41 Å². The van der Waals surface area contributed by atoms with Crippen molar-refractivity contribution in [3.63, 3.8) is 0 Å². The van der Waals surface area contributed by atoms with Gasteiger partial charge in [0.15, 0.2) is 0 Å². The summed E-state index contributed by atoms with van der Waals surface area (Å²) in [5.74, 6) is 0. The molecule has 0 atom stereocenters. The molecule has 2 aromatic heterocycles. The highest BCUT2D eigenvalue weighted by Crippen LogP contribution is 2.56. The molecule has 69 heavy (non-hydrogen) atoms. The molecule has 3 heteroatoms. The lowest BCUT2D eigenvalue weighted by atomic mass is 9.67. The van der Waals surface area contributed by atoms with E-state index in [9.17, 15) is 0 Å². The van der Waals surface area contributed by atoms with Gasteiger partial charge in [0, 0.05) is 45.8 Å². The van der Waals surface area contributed by atoms with E-state index in [2.05, 4.69) is 269 Å². The molecule has 0 N–H and O–H groups in total. The molecular formula is C66H45N3. The number of hydrogen-bond donors (Lipinski definition) is 0. The van der Waals surface area contributed by atoms with Crippen LogP contribution in [0.3, 0.4) is 0 Å². The van der Waals surface area contributed by atoms with E-state index in [0.29, 0.717) is 0 Å². The van der Waals surface area contributed by atoms with Crippen molar-refractivity contribution in [2.45, 2.75) is 5.41 Å². The molecule has 13 rings (SSSR count). The Hall–Kier alpha value is -9.05. The van der Waals surface area contributed by atoms with E-state index in [1.165, 1.54) is 66.3 Å². The maximum Gasteiger partial charge on any atom is 0.0714 e. The molecule has 0 spiro atoms. The summed E-state index contributed by atoms with van der Waals surface area (Å²) < 4.78 is 2.46. The van der Waals surface area contributed by atoms with Gasteiger partial charge in [-0.3, -0.25) is 4.98 Å². The average molecular weight is 880 g/mol. The Morgan fingerprint density at radius 2 is 0.942 bits per heavy atom. The van der Waals surface area contributed by atoms with Crippen molar-refractivity contribution in [1.29, 1.82) is 0 Å². The van der Waals surface area contributed by atoms with Gasteiger partial charge in [-0.25, -0.2) is 0 Å². The number of benzene rings is 10. The van der Waals surface area contributed by atoms with Gasteiger partial charge in [-0.15, -0.1) is 0 Å². The van der Waals surface area contributed by atoms with Crippen molar-refractivity contribution in [1.82, 2.24) is 9.55 Å². The fraction of sp³-hybridized carbons (Fsp3) is 0.0152. The van der Waals surface area contributed by atoms with Crippen LogP contribution < -0.4 is 4.90 Å². The summed E-state index contributed by atoms with van der Waals surface area (Å²) >= 11 is 0. The summed E-state index contributed by atoms with van der Waals surface area (Å²) in [4.78, 5) is 6.71. The molecule has 2 heterocycles. The van der Waals surface area contributed by atoms with Crippen molar-refractivity contribution in [3.8, 4) is 50.2 Å². The molecule has 12 aromatic rings. The van der Waals surface area contributed by atoms with Crippen LogP contribution in [0.2, 0.25) is 0 Å². The molecule has 0 saturated carbocycles. The Morgan fingerprint density at radius 1 is 0.348 bits per heavy atom. The van der Waals surface area contributed by atoms with E-state index in [-0.39, 0.29) is 0 Å². The smallest absolute Gasteiger partial charge is 0.0714 e. The normalized spacial score (nSPS) is 12.5. The third kappa shape index (κ3) is 6.62. The first-order valence-electron chi connectivity index (χ1n) is 23.7. The van der Waals surface area contributed by atoms with Crippen LogP contribution in [0.1, 0.15) is 22.3 Å². The highest BCUT2D eigenvalue weighted by atomic mass is 15.1. The molecule has 0 saturated heterocycles. The molecule has 324 valence electrons. The van der Waals surface area contributed by atoms with Crippen molar-refractivity contribution in [2.24, 2.45) is 0 Å². The zero-order chi connectivity index (χ0) is 45.7. The summed E-state index contributed by atoms with van der Waals surface area (Å²) in [5, 5.41) is 2.45. The van der Waals surface area contributed by atoms with E-state index in [4.69, 9.17) is 0 Å². The predicted octanol–water partition coefficient (Wildman–Crippen LogP) is 17.0. The number of aromatic nitrogens is 2. The second-order valence-corrected chi connectivity index (χ2v) is 17.9. The van der Waals surface area contributed by atoms with Crippen LogP contribution in [-0.2, 0) is 5.41 Å². The second kappa shape index (κ2) is 16.7. The summed E-state index contributed by atoms with van der Waals surface area (Å²) in [6.45, 7) is 0. The highest BCUT2D eigenvalue weighted by molar-refractivity contribution is 6.10. The number of rotatable bonds is 9. The topological polar surface area (TPSA) is 21.1 Å². The Kier molecular flexibility index (Phi) is 9.73. The fourth-order valence-corrected chi connectivity index (χ4v) is 11.1. The molecule has 0 aliphatic heterocycles. The number of pyridine rings is 1. The first kappa shape index (κ1) is 40.2. The molecule has 10 aromatic carbocycles. The van der Waals surface area contributed by atoms with Crippen LogP contribution in [0.25, 0.3) is 72.0 Å². The van der Waals surface area contributed by atoms with Crippen molar-refractivity contribution in [2.75, 3.05) is 4.90 Å². The lowest BCUT2D eigenvalue weighted by Crippen LogP contribution is -2.28. The van der Waals surface area contributed by atoms with Gasteiger partial charge in [-0.1, -0.05) is 188 Å². The maximum atomic E-state index is 4.36. The molecule has 3 nitrogen and oxygen atoms in total. The van der Waals surface area contributed by atoms with Crippen LogP contribution >= 0.6 is 0 Å². The Labute approximate surface area is 402 Å². The van der Waals surface area contributed by atoms with E-state index in [0.717, 1.165) is 45.0 Å². The minimum atomic E-state index is -0.483.